The maximum absolute atomic E-state index is 11.2. The van der Waals surface area contributed by atoms with Crippen molar-refractivity contribution in [1.29, 1.82) is 5.26 Å². The van der Waals surface area contributed by atoms with Crippen LogP contribution in [-0.4, -0.2) is 86.6 Å². The summed E-state index contributed by atoms with van der Waals surface area (Å²) in [5.41, 5.74) is 10.0. The molecule has 1 aliphatic carbocycles. The van der Waals surface area contributed by atoms with E-state index in [1.54, 1.807) is 16.2 Å². The molecule has 0 radical (unpaired) electrons. The Morgan fingerprint density at radius 3 is 2.35 bits per heavy atom. The third kappa shape index (κ3) is 7.05. The van der Waals surface area contributed by atoms with Crippen LogP contribution in [0.15, 0.2) is 52.9 Å². The van der Waals surface area contributed by atoms with Gasteiger partial charge in [0.15, 0.2) is 5.58 Å². The van der Waals surface area contributed by atoms with Crippen molar-refractivity contribution in [1.82, 2.24) is 24.7 Å². The number of aliphatic carboxylic acids is 1. The zero-order valence-corrected chi connectivity index (χ0v) is 32.2. The number of likely N-dealkylation sites (tertiary alicyclic amines) is 1. The van der Waals surface area contributed by atoms with Gasteiger partial charge in [0.25, 0.3) is 0 Å². The molecule has 280 valence electrons. The summed E-state index contributed by atoms with van der Waals surface area (Å²) in [6, 6.07) is 18.9. The molecule has 1 spiro atoms. The molecule has 3 aromatic carbocycles. The molecule has 2 aromatic heterocycles. The van der Waals surface area contributed by atoms with Gasteiger partial charge in [-0.2, -0.15) is 5.26 Å². The zero-order chi connectivity index (χ0) is 38.3. The predicted molar refractivity (Wildman–Crippen MR) is 208 cm³/mol. The van der Waals surface area contributed by atoms with Crippen LogP contribution in [0, 0.1) is 36.5 Å². The van der Waals surface area contributed by atoms with Crippen molar-refractivity contribution >= 4 is 34.8 Å². The first-order valence-corrected chi connectivity index (χ1v) is 19.3. The molecule has 2 fully saturated rings. The van der Waals surface area contributed by atoms with E-state index < -0.39 is 5.97 Å². The van der Waals surface area contributed by atoms with Gasteiger partial charge in [-0.05, 0) is 98.6 Å². The SMILES string of the molecule is CCN(C)C(C)CO.Cc1c(-c2nc3cc(CN4CC5(CC(C(=O)O)C5)C4)cc(C#N)c3o2)cccc1-c1cccc(-c2nc3c(s2)CN(C=O)C3)c1C. The summed E-state index contributed by atoms with van der Waals surface area (Å²) >= 11 is 1.65. The van der Waals surface area contributed by atoms with E-state index in [4.69, 9.17) is 19.5 Å². The number of nitriles is 1. The minimum atomic E-state index is -0.688. The molecule has 1 saturated heterocycles. The van der Waals surface area contributed by atoms with E-state index in [1.165, 1.54) is 0 Å². The van der Waals surface area contributed by atoms with Gasteiger partial charge in [0, 0.05) is 41.7 Å². The maximum Gasteiger partial charge on any atom is 0.306 e. The second kappa shape index (κ2) is 15.1. The number of hydrogen-bond acceptors (Lipinski definition) is 10. The molecule has 1 atom stereocenters. The van der Waals surface area contributed by atoms with Gasteiger partial charge in [-0.3, -0.25) is 14.5 Å². The average Bonchev–Trinajstić information content (AvgIpc) is 3.85. The van der Waals surface area contributed by atoms with Gasteiger partial charge < -0.3 is 24.4 Å². The summed E-state index contributed by atoms with van der Waals surface area (Å²) in [6.07, 6.45) is 2.39. The number of carboxylic acids is 1. The number of aliphatic hydroxyl groups excluding tert-OH is 1. The number of aromatic nitrogens is 2. The van der Waals surface area contributed by atoms with E-state index in [9.17, 15) is 20.0 Å². The van der Waals surface area contributed by atoms with Gasteiger partial charge >= 0.3 is 5.97 Å². The number of amides is 1. The number of benzene rings is 3. The molecule has 4 heterocycles. The van der Waals surface area contributed by atoms with E-state index in [0.29, 0.717) is 48.2 Å². The molecule has 3 aliphatic rings. The zero-order valence-electron chi connectivity index (χ0n) is 31.4. The monoisotopic (exact) mass is 746 g/mol. The van der Waals surface area contributed by atoms with Crippen molar-refractivity contribution in [3.8, 4) is 39.2 Å². The fourth-order valence-electron chi connectivity index (χ4n) is 8.09. The number of likely N-dealkylation sites (N-methyl/N-ethyl adjacent to an activating group) is 1. The van der Waals surface area contributed by atoms with E-state index in [2.05, 4.69) is 60.9 Å². The lowest BCUT2D eigenvalue weighted by Gasteiger charge is -2.58. The van der Waals surface area contributed by atoms with Crippen LogP contribution in [0.1, 0.15) is 59.5 Å². The van der Waals surface area contributed by atoms with Gasteiger partial charge in [0.05, 0.1) is 36.9 Å². The van der Waals surface area contributed by atoms with Gasteiger partial charge in [0.2, 0.25) is 12.3 Å². The van der Waals surface area contributed by atoms with Gasteiger partial charge in [0.1, 0.15) is 16.6 Å². The number of carbonyl (C=O) groups excluding carboxylic acids is 1. The van der Waals surface area contributed by atoms with Crippen LogP contribution in [-0.2, 0) is 29.2 Å². The van der Waals surface area contributed by atoms with Crippen molar-refractivity contribution in [2.45, 2.75) is 66.2 Å². The fourth-order valence-corrected chi connectivity index (χ4v) is 9.27. The van der Waals surface area contributed by atoms with Gasteiger partial charge in [-0.25, -0.2) is 9.97 Å². The van der Waals surface area contributed by atoms with Crippen molar-refractivity contribution in [3.05, 3.63) is 81.4 Å². The minimum Gasteiger partial charge on any atom is -0.481 e. The van der Waals surface area contributed by atoms with Crippen molar-refractivity contribution < 1.29 is 24.2 Å². The van der Waals surface area contributed by atoms with E-state index in [-0.39, 0.29) is 17.9 Å². The molecule has 1 saturated carbocycles. The highest BCUT2D eigenvalue weighted by Gasteiger charge is 2.54. The third-order valence-corrected chi connectivity index (χ3v) is 12.6. The van der Waals surface area contributed by atoms with Crippen molar-refractivity contribution in [2.24, 2.45) is 11.3 Å². The largest absolute Gasteiger partial charge is 0.481 e. The van der Waals surface area contributed by atoms with Crippen LogP contribution in [0.4, 0.5) is 0 Å². The molecule has 2 N–H and O–H groups in total. The Morgan fingerprint density at radius 1 is 1.09 bits per heavy atom. The molecule has 2 aliphatic heterocycles. The highest BCUT2D eigenvalue weighted by molar-refractivity contribution is 7.15. The Morgan fingerprint density at radius 2 is 1.76 bits per heavy atom. The van der Waals surface area contributed by atoms with E-state index in [1.807, 2.05) is 38.2 Å². The minimum absolute atomic E-state index is 0.145. The Kier molecular flexibility index (Phi) is 10.4. The topological polar surface area (TPSA) is 147 Å². The molecule has 1 amide bonds. The first-order chi connectivity index (χ1) is 26.0. The fraction of sp³-hybridized carbons (Fsp3) is 0.405. The number of carboxylic acid groups (broad SMARTS) is 1. The lowest BCUT2D eigenvalue weighted by molar-refractivity contribution is -0.161. The number of thiazole rings is 1. The first kappa shape index (κ1) is 37.4. The predicted octanol–water partition coefficient (Wildman–Crippen LogP) is 6.86. The van der Waals surface area contributed by atoms with Crippen LogP contribution in [0.2, 0.25) is 0 Å². The van der Waals surface area contributed by atoms with E-state index in [0.717, 1.165) is 93.4 Å². The number of aliphatic hydroxyl groups is 1. The molecule has 54 heavy (non-hydrogen) atoms. The maximum atomic E-state index is 11.2. The molecular weight excluding hydrogens is 701 g/mol. The summed E-state index contributed by atoms with van der Waals surface area (Å²) in [5.74, 6) is -0.417. The van der Waals surface area contributed by atoms with Crippen LogP contribution in [0.5, 0.6) is 0 Å². The lowest BCUT2D eigenvalue weighted by Crippen LogP contribution is -2.62. The van der Waals surface area contributed by atoms with Crippen molar-refractivity contribution in [3.63, 3.8) is 0 Å². The van der Waals surface area contributed by atoms with E-state index >= 15 is 0 Å². The second-order valence-corrected chi connectivity index (χ2v) is 16.3. The Hall–Kier alpha value is -4.93. The Labute approximate surface area is 319 Å². The number of rotatable bonds is 10. The Bertz CT molecular complexity index is 2230. The highest BCUT2D eigenvalue weighted by Crippen LogP contribution is 2.52. The number of hydrogen-bond donors (Lipinski definition) is 2. The smallest absolute Gasteiger partial charge is 0.306 e. The molecular formula is C42H46N6O5S. The number of nitrogens with zero attached hydrogens (tertiary/aromatic N) is 6. The summed E-state index contributed by atoms with van der Waals surface area (Å²) in [7, 11) is 2.00. The molecule has 12 heteroatoms. The van der Waals surface area contributed by atoms with Gasteiger partial charge in [-0.1, -0.05) is 37.3 Å². The van der Waals surface area contributed by atoms with Crippen molar-refractivity contribution in [2.75, 3.05) is 33.3 Å². The standard InChI is InChI=1S/C36H31N5O4S.C6H15NO/c1-20-25(26-6-4-8-28(21(26)2)34-39-30-15-40(19-42)16-31(30)46-34)5-3-7-27(20)33-38-29-10-22(9-23(13-37)32(29)45-33)14-41-17-36(18-41)11-24(12-36)35(43)44;1-4-7(3)6(2)5-8/h3-10,19,24H,11-12,14-18H2,1-2H3,(H,43,44);6,8H,4-5H2,1-3H3. The summed E-state index contributed by atoms with van der Waals surface area (Å²) < 4.78 is 6.28. The van der Waals surface area contributed by atoms with Crippen LogP contribution in [0.3, 0.4) is 0 Å². The Balaban J connectivity index is 0.000000508. The normalized spacial score (nSPS) is 16.7. The number of oxazole rings is 1. The third-order valence-electron chi connectivity index (χ3n) is 11.5. The van der Waals surface area contributed by atoms with Gasteiger partial charge in [-0.15, -0.1) is 11.3 Å². The highest BCUT2D eigenvalue weighted by atomic mass is 32.1. The molecule has 11 nitrogen and oxygen atoms in total. The number of fused-ring (bicyclic) bond motifs is 2. The average molecular weight is 747 g/mol. The molecule has 8 rings (SSSR count). The summed E-state index contributed by atoms with van der Waals surface area (Å²) in [4.78, 5) is 39.5. The second-order valence-electron chi connectivity index (χ2n) is 15.2. The molecule has 5 aromatic rings. The molecule has 1 unspecified atom stereocenters. The molecule has 0 bridgehead atoms. The number of carbonyl (C=O) groups is 2. The first-order valence-electron chi connectivity index (χ1n) is 18.4. The lowest BCUT2D eigenvalue weighted by atomic mass is 9.57. The quantitative estimate of drug-likeness (QED) is 0.145. The summed E-state index contributed by atoms with van der Waals surface area (Å²) in [6.45, 7) is 13.2. The van der Waals surface area contributed by atoms with Crippen LogP contribution in [0.25, 0.3) is 44.3 Å². The summed E-state index contributed by atoms with van der Waals surface area (Å²) in [5, 5.41) is 28.8. The van der Waals surface area contributed by atoms with Crippen LogP contribution >= 0.6 is 11.3 Å². The van der Waals surface area contributed by atoms with Crippen LogP contribution < -0.4 is 0 Å².